The molecule has 138 valence electrons. The lowest BCUT2D eigenvalue weighted by molar-refractivity contribution is -0.114. The maximum Gasteiger partial charge on any atom is 0.221 e. The van der Waals surface area contributed by atoms with E-state index in [-0.39, 0.29) is 18.6 Å². The molecule has 0 saturated heterocycles. The Kier molecular flexibility index (Phi) is 4.91. The van der Waals surface area contributed by atoms with Gasteiger partial charge in [-0.15, -0.1) is 11.8 Å². The molecule has 2 aromatic rings. The van der Waals surface area contributed by atoms with Gasteiger partial charge in [0.2, 0.25) is 5.91 Å². The van der Waals surface area contributed by atoms with E-state index >= 15 is 0 Å². The molecule has 1 aromatic carbocycles. The van der Waals surface area contributed by atoms with Crippen LogP contribution in [0.5, 0.6) is 0 Å². The fourth-order valence-corrected chi connectivity index (χ4v) is 4.71. The van der Waals surface area contributed by atoms with Crippen molar-refractivity contribution in [3.63, 3.8) is 0 Å². The van der Waals surface area contributed by atoms with E-state index in [1.165, 1.54) is 32.6 Å². The second-order valence-corrected chi connectivity index (χ2v) is 8.07. The van der Waals surface area contributed by atoms with Crippen LogP contribution >= 0.6 is 11.8 Å². The van der Waals surface area contributed by atoms with Crippen LogP contribution in [0.1, 0.15) is 38.3 Å². The minimum atomic E-state index is -0.0755. The summed E-state index contributed by atoms with van der Waals surface area (Å²) in [6.07, 6.45) is 4.89. The number of thioether (sulfide) groups is 1. The maximum absolute atomic E-state index is 11.5. The van der Waals surface area contributed by atoms with Crippen LogP contribution < -0.4 is 10.6 Å². The van der Waals surface area contributed by atoms with Crippen molar-refractivity contribution in [2.75, 3.05) is 23.0 Å². The van der Waals surface area contributed by atoms with Gasteiger partial charge in [0, 0.05) is 29.8 Å². The van der Waals surface area contributed by atoms with E-state index < -0.39 is 0 Å². The van der Waals surface area contributed by atoms with Crippen LogP contribution in [0, 0.1) is 0 Å². The van der Waals surface area contributed by atoms with E-state index in [1.807, 2.05) is 12.1 Å². The molecule has 0 unspecified atom stereocenters. The van der Waals surface area contributed by atoms with Gasteiger partial charge in [0.1, 0.15) is 5.04 Å². The third-order valence-electron chi connectivity index (χ3n) is 4.92. The normalized spacial score (nSPS) is 20.5. The molecule has 4 rings (SSSR count). The third-order valence-corrected chi connectivity index (χ3v) is 6.07. The van der Waals surface area contributed by atoms with Gasteiger partial charge in [-0.2, -0.15) is 0 Å². The highest BCUT2D eigenvalue weighted by Gasteiger charge is 2.22. The van der Waals surface area contributed by atoms with Gasteiger partial charge in [0.05, 0.1) is 29.5 Å². The first kappa shape index (κ1) is 17.4. The van der Waals surface area contributed by atoms with Crippen molar-refractivity contribution in [1.29, 1.82) is 0 Å². The Labute approximate surface area is 156 Å². The van der Waals surface area contributed by atoms with Crippen molar-refractivity contribution in [2.24, 2.45) is 4.99 Å². The van der Waals surface area contributed by atoms with Crippen LogP contribution in [-0.2, 0) is 4.79 Å². The molecular weight excluding hydrogens is 348 g/mol. The summed E-state index contributed by atoms with van der Waals surface area (Å²) >= 11 is 1.67. The molecule has 26 heavy (non-hydrogen) atoms. The summed E-state index contributed by atoms with van der Waals surface area (Å²) < 4.78 is 0. The Balaban J connectivity index is 1.72. The first-order valence-corrected chi connectivity index (χ1v) is 10.1. The quantitative estimate of drug-likeness (QED) is 0.648. The molecule has 2 aliphatic rings. The number of aliphatic imine (C=N–C) groups is 1. The average molecular weight is 372 g/mol. The van der Waals surface area contributed by atoms with Crippen molar-refractivity contribution >= 4 is 45.0 Å². The van der Waals surface area contributed by atoms with Crippen LogP contribution in [0.15, 0.2) is 23.2 Å². The number of aromatic nitrogens is 1. The first-order chi connectivity index (χ1) is 12.6. The zero-order chi connectivity index (χ0) is 18.1. The first-order valence-electron chi connectivity index (χ1n) is 9.15. The summed E-state index contributed by atoms with van der Waals surface area (Å²) in [5.41, 5.74) is 3.82. The molecule has 7 heteroatoms. The molecule has 4 N–H and O–H groups in total. The minimum Gasteiger partial charge on any atom is -0.394 e. The number of carbonyl (C=O) groups excluding carboxylic acids is 1. The number of benzene rings is 1. The Morgan fingerprint density at radius 3 is 2.85 bits per heavy atom. The fourth-order valence-electron chi connectivity index (χ4n) is 3.69. The van der Waals surface area contributed by atoms with Crippen molar-refractivity contribution < 1.29 is 9.90 Å². The van der Waals surface area contributed by atoms with Gasteiger partial charge >= 0.3 is 0 Å². The summed E-state index contributed by atoms with van der Waals surface area (Å²) in [7, 11) is 0. The lowest BCUT2D eigenvalue weighted by Crippen LogP contribution is -2.15. The lowest BCUT2D eigenvalue weighted by Gasteiger charge is -2.16. The van der Waals surface area contributed by atoms with E-state index in [4.69, 9.17) is 0 Å². The number of rotatable bonds is 5. The molecule has 1 saturated carbocycles. The number of nitrogens with zero attached hydrogens (tertiary/aromatic N) is 1. The van der Waals surface area contributed by atoms with Gasteiger partial charge in [-0.1, -0.05) is 12.8 Å². The van der Waals surface area contributed by atoms with E-state index in [1.54, 1.807) is 11.8 Å². The topological polar surface area (TPSA) is 89.5 Å². The van der Waals surface area contributed by atoms with E-state index in [9.17, 15) is 9.90 Å². The molecule has 1 atom stereocenters. The number of anilines is 2. The van der Waals surface area contributed by atoms with Crippen molar-refractivity contribution in [3.05, 3.63) is 23.9 Å². The smallest absolute Gasteiger partial charge is 0.221 e. The van der Waals surface area contributed by atoms with Gasteiger partial charge in [0.15, 0.2) is 0 Å². The number of amides is 1. The number of aliphatic hydroxyl groups is 1. The summed E-state index contributed by atoms with van der Waals surface area (Å²) in [5.74, 6) is 0.736. The zero-order valence-corrected chi connectivity index (χ0v) is 15.7. The summed E-state index contributed by atoms with van der Waals surface area (Å²) in [5, 5.41) is 17.8. The van der Waals surface area contributed by atoms with Crippen molar-refractivity contribution in [1.82, 2.24) is 4.98 Å². The van der Waals surface area contributed by atoms with Gasteiger partial charge in [-0.3, -0.25) is 9.79 Å². The largest absolute Gasteiger partial charge is 0.394 e. The number of aromatic amines is 1. The van der Waals surface area contributed by atoms with Gasteiger partial charge in [-0.05, 0) is 31.0 Å². The van der Waals surface area contributed by atoms with Crippen LogP contribution in [0.3, 0.4) is 0 Å². The molecular formula is C19H24N4O2S. The SMILES string of the molecule is CC(=O)Nc1cc(NC2CCCC2)c2[nH]c(C3=N[C@H](CO)CS3)cc2c1. The predicted molar refractivity (Wildman–Crippen MR) is 108 cm³/mol. The van der Waals surface area contributed by atoms with E-state index in [2.05, 4.69) is 26.7 Å². The van der Waals surface area contributed by atoms with E-state index in [0.717, 1.165) is 38.8 Å². The molecule has 0 bridgehead atoms. The van der Waals surface area contributed by atoms with Crippen LogP contribution in [0.25, 0.3) is 10.9 Å². The zero-order valence-electron chi connectivity index (χ0n) is 14.8. The predicted octanol–water partition coefficient (Wildman–Crippen LogP) is 3.34. The molecule has 6 nitrogen and oxygen atoms in total. The van der Waals surface area contributed by atoms with Gasteiger partial charge in [-0.25, -0.2) is 0 Å². The Morgan fingerprint density at radius 2 is 2.15 bits per heavy atom. The number of H-pyrrole nitrogens is 1. The molecule has 0 spiro atoms. The van der Waals surface area contributed by atoms with Crippen LogP contribution in [-0.4, -0.2) is 45.5 Å². The Hall–Kier alpha value is -1.99. The number of carbonyl (C=O) groups is 1. The van der Waals surface area contributed by atoms with Crippen molar-refractivity contribution in [3.8, 4) is 0 Å². The van der Waals surface area contributed by atoms with Gasteiger partial charge < -0.3 is 20.7 Å². The highest BCUT2D eigenvalue weighted by Crippen LogP contribution is 2.33. The summed E-state index contributed by atoms with van der Waals surface area (Å²) in [6, 6.07) is 6.52. The minimum absolute atomic E-state index is 0.0209. The molecule has 1 aliphatic carbocycles. The molecule has 1 aliphatic heterocycles. The maximum atomic E-state index is 11.5. The second-order valence-electron chi connectivity index (χ2n) is 7.06. The Morgan fingerprint density at radius 1 is 1.35 bits per heavy atom. The highest BCUT2D eigenvalue weighted by atomic mass is 32.2. The molecule has 2 heterocycles. The highest BCUT2D eigenvalue weighted by molar-refractivity contribution is 8.14. The standard InChI is InChI=1S/C19H24N4O2S/c1-11(25)20-14-6-12-7-17(19-22-15(9-24)10-26-19)23-18(12)16(8-14)21-13-4-2-3-5-13/h6-8,13,15,21,23-24H,2-5,9-10H2,1H3,(H,20,25)/t15-/m1/s1. The average Bonchev–Trinajstić information content (AvgIpc) is 3.34. The number of nitrogens with one attached hydrogen (secondary N) is 3. The summed E-state index contributed by atoms with van der Waals surface area (Å²) in [6.45, 7) is 1.60. The molecule has 1 fully saturated rings. The van der Waals surface area contributed by atoms with Crippen LogP contribution in [0.2, 0.25) is 0 Å². The van der Waals surface area contributed by atoms with Crippen molar-refractivity contribution in [2.45, 2.75) is 44.7 Å². The third kappa shape index (κ3) is 3.59. The lowest BCUT2D eigenvalue weighted by atomic mass is 10.1. The van der Waals surface area contributed by atoms with Crippen LogP contribution in [0.4, 0.5) is 11.4 Å². The fraction of sp³-hybridized carbons (Fsp3) is 0.474. The summed E-state index contributed by atoms with van der Waals surface area (Å²) in [4.78, 5) is 19.6. The molecule has 0 radical (unpaired) electrons. The second kappa shape index (κ2) is 7.32. The Bertz CT molecular complexity index is 855. The molecule has 1 aromatic heterocycles. The monoisotopic (exact) mass is 372 g/mol. The number of aliphatic hydroxyl groups excluding tert-OH is 1. The number of fused-ring (bicyclic) bond motifs is 1. The van der Waals surface area contributed by atoms with E-state index in [0.29, 0.717) is 6.04 Å². The molecule has 1 amide bonds. The van der Waals surface area contributed by atoms with Gasteiger partial charge in [0.25, 0.3) is 0 Å². The number of hydrogen-bond acceptors (Lipinski definition) is 5. The number of hydrogen-bond donors (Lipinski definition) is 4.